The van der Waals surface area contributed by atoms with Crippen LogP contribution in [0.15, 0.2) is 42.5 Å². The van der Waals surface area contributed by atoms with E-state index in [0.717, 1.165) is 50.9 Å². The van der Waals surface area contributed by atoms with Crippen LogP contribution in [0.3, 0.4) is 0 Å². The molecule has 0 bridgehead atoms. The second-order valence-corrected chi connectivity index (χ2v) is 8.78. The zero-order valence-corrected chi connectivity index (χ0v) is 18.4. The van der Waals surface area contributed by atoms with E-state index in [1.165, 1.54) is 12.1 Å². The van der Waals surface area contributed by atoms with Crippen molar-refractivity contribution in [1.29, 1.82) is 0 Å². The lowest BCUT2D eigenvalue weighted by atomic mass is 10.0. The molecule has 2 aromatic rings. The van der Waals surface area contributed by atoms with Gasteiger partial charge >= 0.3 is 0 Å². The molecule has 4 rings (SSSR count). The Morgan fingerprint density at radius 1 is 1.16 bits per heavy atom. The Hall–Kier alpha value is -2.48. The molecule has 8 heteroatoms. The molecule has 32 heavy (non-hydrogen) atoms. The van der Waals surface area contributed by atoms with Crippen molar-refractivity contribution in [2.24, 2.45) is 0 Å². The van der Waals surface area contributed by atoms with Crippen LogP contribution in [0.1, 0.15) is 47.7 Å². The SMILES string of the molecule is O=C(N[C@H](CN1CCCC1)[C@H](O)c1ccc(OC2CC2)c(Cl)c1)C(=O)c1ccc(F)cc1. The van der Waals surface area contributed by atoms with Gasteiger partial charge < -0.3 is 20.1 Å². The van der Waals surface area contributed by atoms with Crippen LogP contribution in [0.25, 0.3) is 0 Å². The zero-order valence-electron chi connectivity index (χ0n) is 17.6. The van der Waals surface area contributed by atoms with Crippen LogP contribution >= 0.6 is 11.6 Å². The molecular weight excluding hydrogens is 435 g/mol. The molecule has 0 radical (unpaired) electrons. The van der Waals surface area contributed by atoms with E-state index in [2.05, 4.69) is 10.2 Å². The van der Waals surface area contributed by atoms with Gasteiger partial charge in [-0.15, -0.1) is 0 Å². The largest absolute Gasteiger partial charge is 0.489 e. The Bertz CT molecular complexity index is 974. The quantitative estimate of drug-likeness (QED) is 0.442. The number of carbonyl (C=O) groups excluding carboxylic acids is 2. The minimum absolute atomic E-state index is 0.0861. The molecule has 1 saturated heterocycles. The highest BCUT2D eigenvalue weighted by Crippen LogP contribution is 2.34. The van der Waals surface area contributed by atoms with Crippen molar-refractivity contribution in [3.63, 3.8) is 0 Å². The van der Waals surface area contributed by atoms with Crippen molar-refractivity contribution >= 4 is 23.3 Å². The highest BCUT2D eigenvalue weighted by molar-refractivity contribution is 6.42. The summed E-state index contributed by atoms with van der Waals surface area (Å²) in [6.45, 7) is 2.11. The van der Waals surface area contributed by atoms with Crippen LogP contribution in [-0.2, 0) is 4.79 Å². The van der Waals surface area contributed by atoms with Crippen molar-refractivity contribution in [2.75, 3.05) is 19.6 Å². The Balaban J connectivity index is 1.50. The van der Waals surface area contributed by atoms with Gasteiger partial charge in [0, 0.05) is 12.1 Å². The van der Waals surface area contributed by atoms with Crippen molar-refractivity contribution in [1.82, 2.24) is 10.2 Å². The van der Waals surface area contributed by atoms with Gasteiger partial charge in [0.05, 0.1) is 17.2 Å². The highest BCUT2D eigenvalue weighted by Gasteiger charge is 2.30. The molecule has 2 atom stereocenters. The first-order valence-corrected chi connectivity index (χ1v) is 11.3. The lowest BCUT2D eigenvalue weighted by Crippen LogP contribution is -2.48. The minimum atomic E-state index is -1.08. The third kappa shape index (κ3) is 5.65. The van der Waals surface area contributed by atoms with E-state index in [1.54, 1.807) is 18.2 Å². The Labute approximate surface area is 191 Å². The van der Waals surface area contributed by atoms with Crippen LogP contribution in [-0.4, -0.2) is 53.5 Å². The second-order valence-electron chi connectivity index (χ2n) is 8.38. The van der Waals surface area contributed by atoms with Crippen molar-refractivity contribution in [2.45, 2.75) is 43.9 Å². The van der Waals surface area contributed by atoms with E-state index in [4.69, 9.17) is 16.3 Å². The summed E-state index contributed by atoms with van der Waals surface area (Å²) in [5.41, 5.74) is 0.611. The highest BCUT2D eigenvalue weighted by atomic mass is 35.5. The van der Waals surface area contributed by atoms with Crippen LogP contribution in [0.5, 0.6) is 5.75 Å². The van der Waals surface area contributed by atoms with Crippen LogP contribution < -0.4 is 10.1 Å². The zero-order chi connectivity index (χ0) is 22.7. The fourth-order valence-electron chi connectivity index (χ4n) is 3.83. The molecule has 1 aliphatic carbocycles. The second kappa shape index (κ2) is 9.98. The molecule has 1 aliphatic heterocycles. The van der Waals surface area contributed by atoms with E-state index < -0.39 is 29.7 Å². The molecule has 0 aromatic heterocycles. The number of benzene rings is 2. The molecular formula is C24H26ClFN2O4. The normalized spacial score (nSPS) is 18.2. The van der Waals surface area contributed by atoms with Gasteiger partial charge in [0.1, 0.15) is 17.7 Å². The maximum absolute atomic E-state index is 13.1. The monoisotopic (exact) mass is 460 g/mol. The maximum Gasteiger partial charge on any atom is 0.292 e. The first kappa shape index (κ1) is 22.7. The number of aliphatic hydroxyl groups excluding tert-OH is 1. The summed E-state index contributed by atoms with van der Waals surface area (Å²) in [5.74, 6) is -1.55. The number of aliphatic hydroxyl groups is 1. The molecule has 2 aliphatic rings. The van der Waals surface area contributed by atoms with Gasteiger partial charge in [-0.25, -0.2) is 4.39 Å². The third-order valence-corrected chi connectivity index (χ3v) is 6.07. The number of halogens is 2. The number of Topliss-reactive ketones (excluding diaryl/α,β-unsaturated/α-hetero) is 1. The predicted molar refractivity (Wildman–Crippen MR) is 118 cm³/mol. The number of hydrogen-bond donors (Lipinski definition) is 2. The lowest BCUT2D eigenvalue weighted by Gasteiger charge is -2.28. The van der Waals surface area contributed by atoms with Crippen molar-refractivity contribution in [3.05, 3.63) is 64.4 Å². The van der Waals surface area contributed by atoms with E-state index in [1.807, 2.05) is 0 Å². The summed E-state index contributed by atoms with van der Waals surface area (Å²) >= 11 is 6.35. The number of amides is 1. The smallest absolute Gasteiger partial charge is 0.292 e. The number of rotatable bonds is 9. The molecule has 2 N–H and O–H groups in total. The average Bonchev–Trinajstić information content (AvgIpc) is 3.46. The number of ketones is 1. The topological polar surface area (TPSA) is 78.9 Å². The summed E-state index contributed by atoms with van der Waals surface area (Å²) in [6, 6.07) is 9.14. The lowest BCUT2D eigenvalue weighted by molar-refractivity contribution is -0.118. The van der Waals surface area contributed by atoms with Gasteiger partial charge in [0.25, 0.3) is 5.91 Å². The molecule has 1 saturated carbocycles. The van der Waals surface area contributed by atoms with Crippen LogP contribution in [0.4, 0.5) is 4.39 Å². The van der Waals surface area contributed by atoms with Gasteiger partial charge in [-0.05, 0) is 80.7 Å². The van der Waals surface area contributed by atoms with Gasteiger partial charge in [-0.1, -0.05) is 17.7 Å². The molecule has 1 heterocycles. The molecule has 2 fully saturated rings. The molecule has 6 nitrogen and oxygen atoms in total. The number of ether oxygens (including phenoxy) is 1. The van der Waals surface area contributed by atoms with Gasteiger partial charge in [-0.2, -0.15) is 0 Å². The Kier molecular flexibility index (Phi) is 7.08. The van der Waals surface area contributed by atoms with Gasteiger partial charge in [-0.3, -0.25) is 9.59 Å². The number of carbonyl (C=O) groups is 2. The summed E-state index contributed by atoms with van der Waals surface area (Å²) in [4.78, 5) is 27.3. The maximum atomic E-state index is 13.1. The fourth-order valence-corrected chi connectivity index (χ4v) is 4.06. The van der Waals surface area contributed by atoms with Crippen LogP contribution in [0, 0.1) is 5.82 Å². The van der Waals surface area contributed by atoms with E-state index in [9.17, 15) is 19.1 Å². The summed E-state index contributed by atoms with van der Waals surface area (Å²) < 4.78 is 18.9. The predicted octanol–water partition coefficient (Wildman–Crippen LogP) is 3.52. The molecule has 0 unspecified atom stereocenters. The number of hydrogen-bond acceptors (Lipinski definition) is 5. The molecule has 2 aromatic carbocycles. The van der Waals surface area contributed by atoms with Crippen LogP contribution in [0.2, 0.25) is 5.02 Å². The number of nitrogens with zero attached hydrogens (tertiary/aromatic N) is 1. The van der Waals surface area contributed by atoms with E-state index >= 15 is 0 Å². The Morgan fingerprint density at radius 2 is 1.84 bits per heavy atom. The number of likely N-dealkylation sites (tertiary alicyclic amines) is 1. The molecule has 1 amide bonds. The summed E-state index contributed by atoms with van der Waals surface area (Å²) in [6.07, 6.45) is 3.23. The summed E-state index contributed by atoms with van der Waals surface area (Å²) in [7, 11) is 0. The van der Waals surface area contributed by atoms with Crippen molar-refractivity contribution in [3.8, 4) is 5.75 Å². The first-order valence-electron chi connectivity index (χ1n) is 10.9. The Morgan fingerprint density at radius 3 is 2.47 bits per heavy atom. The summed E-state index contributed by atoms with van der Waals surface area (Å²) in [5, 5.41) is 14.2. The van der Waals surface area contributed by atoms with Gasteiger partial charge in [0.2, 0.25) is 5.78 Å². The fraction of sp³-hybridized carbons (Fsp3) is 0.417. The van der Waals surface area contributed by atoms with E-state index in [-0.39, 0.29) is 11.7 Å². The van der Waals surface area contributed by atoms with Crippen molar-refractivity contribution < 1.29 is 23.8 Å². The number of nitrogens with one attached hydrogen (secondary N) is 1. The third-order valence-electron chi connectivity index (χ3n) is 5.78. The first-order chi connectivity index (χ1) is 15.4. The van der Waals surface area contributed by atoms with Gasteiger partial charge in [0.15, 0.2) is 0 Å². The average molecular weight is 461 g/mol. The standard InChI is InChI=1S/C24H26ClFN2O4/c25-19-13-16(5-10-21(19)32-18-8-9-18)22(29)20(14-28-11-1-2-12-28)27-24(31)23(30)15-3-6-17(26)7-4-15/h3-7,10,13,18,20,22,29H,1-2,8-9,11-12,14H2,(H,27,31)/t20-,22-/m1/s1. The van der Waals surface area contributed by atoms with E-state index in [0.29, 0.717) is 22.9 Å². The minimum Gasteiger partial charge on any atom is -0.489 e. The molecule has 0 spiro atoms. The molecule has 170 valence electrons.